The Morgan fingerprint density at radius 1 is 1.16 bits per heavy atom. The van der Waals surface area contributed by atoms with E-state index in [4.69, 9.17) is 15.4 Å². The average molecular weight is 742 g/mol. The van der Waals surface area contributed by atoms with Crippen molar-refractivity contribution in [1.29, 1.82) is 0 Å². The Morgan fingerprint density at radius 3 is 2.53 bits per heavy atom. The number of nitrogens with two attached hydrogens (primary N) is 1. The molecule has 0 saturated carbocycles. The summed E-state index contributed by atoms with van der Waals surface area (Å²) in [5.74, 6) is -6.55. The van der Waals surface area contributed by atoms with Crippen LogP contribution in [0.15, 0.2) is 75.2 Å². The van der Waals surface area contributed by atoms with Gasteiger partial charge in [0.2, 0.25) is 11.4 Å². The molecule has 0 bridgehead atoms. The number of thiazole rings is 1. The number of β-lactam (4-membered cyclic amide) rings is 1. The van der Waals surface area contributed by atoms with Crippen molar-refractivity contribution in [3.05, 3.63) is 81.3 Å². The molecule has 268 valence electrons. The molecule has 1 aliphatic carbocycles. The number of hydrogen-bond acceptors (Lipinski definition) is 15. The second kappa shape index (κ2) is 15.0. The van der Waals surface area contributed by atoms with Crippen molar-refractivity contribution in [3.63, 3.8) is 0 Å². The molecule has 51 heavy (non-hydrogen) atoms. The van der Waals surface area contributed by atoms with Crippen molar-refractivity contribution in [1.82, 2.24) is 26.0 Å². The molecule has 0 spiro atoms. The Morgan fingerprint density at radius 2 is 1.88 bits per heavy atom. The predicted octanol–water partition coefficient (Wildman–Crippen LogP) is 0.554. The number of carbonyl (C=O) groups is 6. The molecule has 2 aliphatic heterocycles. The minimum Gasteiger partial charge on any atom is -0.504 e. The molecule has 18 nitrogen and oxygen atoms in total. The molecule has 3 heterocycles. The fourth-order valence-corrected chi connectivity index (χ4v) is 6.73. The standard InChI is InChI=1S/C31H31N7O11S2/c1-31(2,29(46)47)49-37-21(18-13-51-30(32)34-18)25(42)35-22-26(43)38-23(28(44)45)15(12-50-27(22)38)10-33-24(41)16-8-19(39)20(40)9-17(16)36-48-11-14-6-4-3-5-7-14/h3-8,13,22,27,36,39H,9-12H2,1-2H3,(H2,32,34)(H,33,41)(H,35,42)(H,44,45)(H,46,47)/b37-21-/t22?,27-/m0/s1. The summed E-state index contributed by atoms with van der Waals surface area (Å²) in [5, 5.41) is 38.9. The van der Waals surface area contributed by atoms with Crippen molar-refractivity contribution in [2.45, 2.75) is 43.9 Å². The number of nitrogens with one attached hydrogen (secondary N) is 3. The monoisotopic (exact) mass is 741 g/mol. The van der Waals surface area contributed by atoms with Crippen LogP contribution in [0.4, 0.5) is 5.13 Å². The van der Waals surface area contributed by atoms with Gasteiger partial charge < -0.3 is 36.5 Å². The van der Waals surface area contributed by atoms with Gasteiger partial charge >= 0.3 is 11.9 Å². The van der Waals surface area contributed by atoms with Crippen LogP contribution in [0, 0.1) is 0 Å². The summed E-state index contributed by atoms with van der Waals surface area (Å²) in [4.78, 5) is 91.4. The zero-order chi connectivity index (χ0) is 37.0. The Labute approximate surface area is 297 Å². The number of allylic oxidation sites excluding steroid dienone is 2. The maximum absolute atomic E-state index is 13.3. The number of hydrogen-bond donors (Lipinski definition) is 7. The first-order valence-corrected chi connectivity index (χ1v) is 16.9. The van der Waals surface area contributed by atoms with Crippen LogP contribution in [0.1, 0.15) is 31.5 Å². The summed E-state index contributed by atoms with van der Waals surface area (Å²) in [5.41, 5.74) is 6.53. The second-order valence-corrected chi connectivity index (χ2v) is 13.6. The lowest BCUT2D eigenvalue weighted by atomic mass is 10.00. The Bertz CT molecular complexity index is 1920. The molecule has 8 N–H and O–H groups in total. The van der Waals surface area contributed by atoms with E-state index in [2.05, 4.69) is 26.3 Å². The van der Waals surface area contributed by atoms with Gasteiger partial charge in [-0.2, -0.15) is 0 Å². The largest absolute Gasteiger partial charge is 0.504 e. The minimum atomic E-state index is -1.82. The molecule has 1 aromatic heterocycles. The van der Waals surface area contributed by atoms with Crippen molar-refractivity contribution in [2.75, 3.05) is 18.0 Å². The van der Waals surface area contributed by atoms with E-state index in [9.17, 15) is 44.1 Å². The number of Topliss-reactive ketones (excluding diaryl/α,β-unsaturated/α-hetero) is 1. The lowest BCUT2D eigenvalue weighted by Gasteiger charge is -2.49. The number of aliphatic hydroxyl groups is 1. The third kappa shape index (κ3) is 8.03. The number of aliphatic carboxylic acids is 2. The van der Waals surface area contributed by atoms with Crippen LogP contribution in [0.3, 0.4) is 0 Å². The number of carbonyl (C=O) groups excluding carboxylic acids is 4. The van der Waals surface area contributed by atoms with Gasteiger partial charge in [0.15, 0.2) is 16.6 Å². The number of hydroxylamine groups is 1. The van der Waals surface area contributed by atoms with Crippen LogP contribution in [0.2, 0.25) is 0 Å². The summed E-state index contributed by atoms with van der Waals surface area (Å²) < 4.78 is 0. The van der Waals surface area contributed by atoms with Gasteiger partial charge in [-0.3, -0.25) is 34.4 Å². The third-order valence-electron chi connectivity index (χ3n) is 7.61. The number of anilines is 1. The maximum Gasteiger partial charge on any atom is 0.352 e. The molecule has 1 saturated heterocycles. The van der Waals surface area contributed by atoms with Crippen LogP contribution in [-0.2, 0) is 45.0 Å². The molecule has 2 atom stereocenters. The van der Waals surface area contributed by atoms with E-state index in [0.717, 1.165) is 39.6 Å². The number of carboxylic acid groups (broad SMARTS) is 2. The lowest BCUT2D eigenvalue weighted by Crippen LogP contribution is -2.71. The number of aliphatic hydroxyl groups excluding tert-OH is 1. The molecule has 3 amide bonds. The number of oxime groups is 1. The highest BCUT2D eigenvalue weighted by atomic mass is 32.2. The molecule has 2 aromatic rings. The van der Waals surface area contributed by atoms with Crippen molar-refractivity contribution >= 4 is 69.4 Å². The highest BCUT2D eigenvalue weighted by Gasteiger charge is 2.54. The number of rotatable bonds is 14. The van der Waals surface area contributed by atoms with E-state index in [1.54, 1.807) is 0 Å². The van der Waals surface area contributed by atoms with E-state index in [1.165, 1.54) is 19.2 Å². The summed E-state index contributed by atoms with van der Waals surface area (Å²) >= 11 is 2.10. The van der Waals surface area contributed by atoms with Gasteiger partial charge in [0.1, 0.15) is 22.8 Å². The molecular weight excluding hydrogens is 711 g/mol. The van der Waals surface area contributed by atoms with E-state index in [0.29, 0.717) is 0 Å². The lowest BCUT2D eigenvalue weighted by molar-refractivity contribution is -0.161. The Balaban J connectivity index is 1.28. The Kier molecular flexibility index (Phi) is 10.8. The maximum atomic E-state index is 13.3. The van der Waals surface area contributed by atoms with E-state index < -0.39 is 69.6 Å². The third-order valence-corrected chi connectivity index (χ3v) is 9.62. The number of benzene rings is 1. The Hall–Kier alpha value is -5.73. The van der Waals surface area contributed by atoms with Crippen molar-refractivity contribution in [2.24, 2.45) is 5.16 Å². The molecule has 5 rings (SSSR count). The first kappa shape index (κ1) is 36.5. The first-order valence-electron chi connectivity index (χ1n) is 15.0. The van der Waals surface area contributed by atoms with Gasteiger partial charge in [-0.05, 0) is 31.1 Å². The predicted molar refractivity (Wildman–Crippen MR) is 180 cm³/mol. The van der Waals surface area contributed by atoms with Gasteiger partial charge in [0.05, 0.1) is 24.3 Å². The molecule has 1 fully saturated rings. The second-order valence-electron chi connectivity index (χ2n) is 11.6. The van der Waals surface area contributed by atoms with E-state index >= 15 is 0 Å². The summed E-state index contributed by atoms with van der Waals surface area (Å²) in [6.45, 7) is 2.21. The van der Waals surface area contributed by atoms with E-state index in [-0.39, 0.29) is 53.0 Å². The summed E-state index contributed by atoms with van der Waals surface area (Å²) in [6.07, 6.45) is 0.618. The number of amides is 3. The number of aromatic nitrogens is 1. The topological polar surface area (TPSA) is 272 Å². The van der Waals surface area contributed by atoms with Gasteiger partial charge in [-0.1, -0.05) is 35.5 Å². The highest BCUT2D eigenvalue weighted by molar-refractivity contribution is 8.00. The van der Waals surface area contributed by atoms with Crippen molar-refractivity contribution < 1.29 is 53.8 Å². The number of fused-ring (bicyclic) bond motifs is 1. The summed E-state index contributed by atoms with van der Waals surface area (Å²) in [6, 6.07) is 7.87. The number of nitrogen functional groups attached to an aromatic ring is 1. The normalized spacial score (nSPS) is 19.1. The SMILES string of the molecule is CC(C)(O/N=C(\C(=O)NC1C(=O)N2C(C(=O)O)=C(CNC(=O)C3=C(NOCc4ccccc4)CC(=O)C(O)=C3)CS[C@@H]12)c1csc(N)n1)C(=O)O. The van der Waals surface area contributed by atoms with Gasteiger partial charge in [0, 0.05) is 17.7 Å². The number of carboxylic acids is 2. The zero-order valence-corrected chi connectivity index (χ0v) is 28.5. The van der Waals surface area contributed by atoms with Gasteiger partial charge in [-0.25, -0.2) is 14.6 Å². The quantitative estimate of drug-likeness (QED) is 0.0792. The minimum absolute atomic E-state index is 0.0339. The van der Waals surface area contributed by atoms with Crippen LogP contribution in [0.5, 0.6) is 0 Å². The average Bonchev–Trinajstić information content (AvgIpc) is 3.52. The van der Waals surface area contributed by atoms with Gasteiger partial charge in [-0.15, -0.1) is 23.1 Å². The molecular formula is C31H31N7O11S2. The van der Waals surface area contributed by atoms with Crippen molar-refractivity contribution in [3.8, 4) is 0 Å². The molecule has 0 radical (unpaired) electrons. The molecule has 1 unspecified atom stereocenters. The van der Waals surface area contributed by atoms with Crippen LogP contribution in [0.25, 0.3) is 0 Å². The van der Waals surface area contributed by atoms with Gasteiger partial charge in [0.25, 0.3) is 17.7 Å². The molecule has 1 aromatic carbocycles. The first-order chi connectivity index (χ1) is 24.2. The van der Waals surface area contributed by atoms with Crippen LogP contribution in [-0.4, -0.2) is 95.7 Å². The fourth-order valence-electron chi connectivity index (χ4n) is 4.84. The molecule has 3 aliphatic rings. The molecule has 20 heteroatoms. The number of ketones is 1. The number of thioether (sulfide) groups is 1. The van der Waals surface area contributed by atoms with Crippen LogP contribution >= 0.6 is 23.1 Å². The highest BCUT2D eigenvalue weighted by Crippen LogP contribution is 2.40. The van der Waals surface area contributed by atoms with Crippen LogP contribution < -0.4 is 21.8 Å². The zero-order valence-electron chi connectivity index (χ0n) is 26.9. The summed E-state index contributed by atoms with van der Waals surface area (Å²) in [7, 11) is 0. The number of nitrogens with zero attached hydrogens (tertiary/aromatic N) is 3. The smallest absolute Gasteiger partial charge is 0.352 e. The fraction of sp³-hybridized carbons (Fsp3) is 0.290. The van der Waals surface area contributed by atoms with E-state index in [1.807, 2.05) is 30.3 Å².